The molecule has 5 heteroatoms. The molecule has 3 heterocycles. The third-order valence-corrected chi connectivity index (χ3v) is 6.79. The van der Waals surface area contributed by atoms with Crippen LogP contribution in [0, 0.1) is 11.3 Å². The Kier molecular flexibility index (Phi) is 4.19. The molecule has 0 amide bonds. The molecule has 2 saturated heterocycles. The number of hydrogen-bond acceptors (Lipinski definition) is 5. The first-order valence-corrected chi connectivity index (χ1v) is 9.89. The van der Waals surface area contributed by atoms with Crippen molar-refractivity contribution in [1.82, 2.24) is 10.3 Å². The summed E-state index contributed by atoms with van der Waals surface area (Å²) in [5, 5.41) is 3.87. The van der Waals surface area contributed by atoms with E-state index in [0.29, 0.717) is 30.1 Å². The second-order valence-corrected chi connectivity index (χ2v) is 8.15. The van der Waals surface area contributed by atoms with Crippen LogP contribution in [0.4, 0.5) is 0 Å². The molecule has 5 rings (SSSR count). The van der Waals surface area contributed by atoms with Crippen LogP contribution in [0.3, 0.4) is 0 Å². The van der Waals surface area contributed by atoms with Gasteiger partial charge in [-0.25, -0.2) is 4.98 Å². The normalized spacial score (nSPS) is 35.7. The molecule has 2 aliphatic heterocycles. The molecule has 0 radical (unpaired) electrons. The summed E-state index contributed by atoms with van der Waals surface area (Å²) in [6.07, 6.45) is 10.1. The van der Waals surface area contributed by atoms with E-state index >= 15 is 0 Å². The average molecular weight is 344 g/mol. The molecule has 2 saturated carbocycles. The van der Waals surface area contributed by atoms with Gasteiger partial charge in [-0.1, -0.05) is 12.8 Å². The van der Waals surface area contributed by atoms with E-state index in [1.165, 1.54) is 37.7 Å². The number of nitrogens with one attached hydrogen (secondary N) is 1. The van der Waals surface area contributed by atoms with Gasteiger partial charge in [-0.15, -0.1) is 0 Å². The third kappa shape index (κ3) is 2.77. The number of rotatable bonds is 5. The first-order valence-electron chi connectivity index (χ1n) is 9.89. The molecular weight excluding hydrogens is 316 g/mol. The predicted octanol–water partition coefficient (Wildman–Crippen LogP) is 2.69. The van der Waals surface area contributed by atoms with E-state index in [0.717, 1.165) is 32.1 Å². The molecule has 1 N–H and O–H groups in total. The molecule has 1 spiro atoms. The van der Waals surface area contributed by atoms with Gasteiger partial charge in [-0.3, -0.25) is 0 Å². The Morgan fingerprint density at radius 3 is 3.00 bits per heavy atom. The summed E-state index contributed by atoms with van der Waals surface area (Å²) in [5.41, 5.74) is 1.66. The Labute approximate surface area is 149 Å². The summed E-state index contributed by atoms with van der Waals surface area (Å²) < 4.78 is 17.4. The van der Waals surface area contributed by atoms with Crippen molar-refractivity contribution in [3.63, 3.8) is 0 Å². The first-order chi connectivity index (χ1) is 12.4. The summed E-state index contributed by atoms with van der Waals surface area (Å²) >= 11 is 0. The van der Waals surface area contributed by atoms with E-state index in [-0.39, 0.29) is 6.10 Å². The summed E-state index contributed by atoms with van der Waals surface area (Å²) in [6.45, 7) is 3.31. The quantitative estimate of drug-likeness (QED) is 0.890. The van der Waals surface area contributed by atoms with Gasteiger partial charge in [-0.05, 0) is 30.9 Å². The summed E-state index contributed by atoms with van der Waals surface area (Å²) in [6, 6.07) is 4.78. The number of pyridine rings is 1. The van der Waals surface area contributed by atoms with E-state index in [9.17, 15) is 0 Å². The zero-order valence-corrected chi connectivity index (χ0v) is 14.8. The van der Waals surface area contributed by atoms with Crippen LogP contribution >= 0.6 is 0 Å². The highest BCUT2D eigenvalue weighted by molar-refractivity contribution is 5.22. The van der Waals surface area contributed by atoms with Gasteiger partial charge < -0.3 is 19.5 Å². The topological polar surface area (TPSA) is 52.6 Å². The highest BCUT2D eigenvalue weighted by Gasteiger charge is 2.64. The standard InChI is InChI=1S/C20H28N2O3/c1-2-7-20(6-1)18(16-5-10-24-19(16)20)22-12-14-3-8-21-17(11-14)25-15-4-9-23-13-15/h3,8,11,15-16,18-19,22H,1-2,4-7,9-10,12-13H2. The molecule has 1 aromatic heterocycles. The Balaban J connectivity index is 1.23. The molecule has 5 nitrogen and oxygen atoms in total. The van der Waals surface area contributed by atoms with Gasteiger partial charge >= 0.3 is 0 Å². The Morgan fingerprint density at radius 2 is 2.16 bits per heavy atom. The van der Waals surface area contributed by atoms with E-state index < -0.39 is 0 Å². The molecule has 25 heavy (non-hydrogen) atoms. The second-order valence-electron chi connectivity index (χ2n) is 8.15. The fourth-order valence-corrected chi connectivity index (χ4v) is 5.64. The molecule has 4 unspecified atom stereocenters. The molecule has 4 fully saturated rings. The molecular formula is C20H28N2O3. The van der Waals surface area contributed by atoms with Gasteiger partial charge in [0, 0.05) is 49.2 Å². The van der Waals surface area contributed by atoms with Gasteiger partial charge in [0.05, 0.1) is 19.3 Å². The zero-order chi connectivity index (χ0) is 16.7. The highest BCUT2D eigenvalue weighted by Crippen LogP contribution is 2.60. The van der Waals surface area contributed by atoms with Gasteiger partial charge in [-0.2, -0.15) is 0 Å². The molecule has 2 aliphatic carbocycles. The van der Waals surface area contributed by atoms with E-state index in [1.807, 2.05) is 6.20 Å². The van der Waals surface area contributed by atoms with Crippen LogP contribution in [-0.2, 0) is 16.0 Å². The van der Waals surface area contributed by atoms with Crippen molar-refractivity contribution in [2.24, 2.45) is 11.3 Å². The van der Waals surface area contributed by atoms with Crippen molar-refractivity contribution >= 4 is 0 Å². The van der Waals surface area contributed by atoms with Crippen LogP contribution < -0.4 is 10.1 Å². The maximum Gasteiger partial charge on any atom is 0.213 e. The van der Waals surface area contributed by atoms with Crippen molar-refractivity contribution in [3.05, 3.63) is 23.9 Å². The van der Waals surface area contributed by atoms with Crippen LogP contribution in [0.25, 0.3) is 0 Å². The van der Waals surface area contributed by atoms with Gasteiger partial charge in [0.2, 0.25) is 5.88 Å². The largest absolute Gasteiger partial charge is 0.472 e. The van der Waals surface area contributed by atoms with Gasteiger partial charge in [0.15, 0.2) is 0 Å². The van der Waals surface area contributed by atoms with Crippen molar-refractivity contribution in [2.75, 3.05) is 19.8 Å². The predicted molar refractivity (Wildman–Crippen MR) is 93.5 cm³/mol. The minimum absolute atomic E-state index is 0.153. The maximum absolute atomic E-state index is 6.08. The van der Waals surface area contributed by atoms with Crippen LogP contribution in [0.2, 0.25) is 0 Å². The van der Waals surface area contributed by atoms with Gasteiger partial charge in [0.1, 0.15) is 6.10 Å². The summed E-state index contributed by atoms with van der Waals surface area (Å²) in [5.74, 6) is 1.44. The molecule has 4 atom stereocenters. The number of hydrogen-bond donors (Lipinski definition) is 1. The first kappa shape index (κ1) is 16.0. The fraction of sp³-hybridized carbons (Fsp3) is 0.750. The number of ether oxygens (including phenoxy) is 3. The lowest BCUT2D eigenvalue weighted by Gasteiger charge is -2.57. The molecule has 0 bridgehead atoms. The lowest BCUT2D eigenvalue weighted by molar-refractivity contribution is -0.130. The van der Waals surface area contributed by atoms with Gasteiger partial charge in [0.25, 0.3) is 0 Å². The Hall–Kier alpha value is -1.17. The highest BCUT2D eigenvalue weighted by atomic mass is 16.5. The lowest BCUT2D eigenvalue weighted by Crippen LogP contribution is -2.67. The molecule has 136 valence electrons. The fourth-order valence-electron chi connectivity index (χ4n) is 5.64. The minimum Gasteiger partial charge on any atom is -0.472 e. The maximum atomic E-state index is 6.08. The van der Waals surface area contributed by atoms with Crippen molar-refractivity contribution in [1.29, 1.82) is 0 Å². The lowest BCUT2D eigenvalue weighted by atomic mass is 9.54. The van der Waals surface area contributed by atoms with Crippen molar-refractivity contribution in [2.45, 2.75) is 63.3 Å². The van der Waals surface area contributed by atoms with Crippen LogP contribution in [0.1, 0.15) is 44.1 Å². The van der Waals surface area contributed by atoms with E-state index in [1.54, 1.807) is 0 Å². The van der Waals surface area contributed by atoms with Crippen molar-refractivity contribution in [3.8, 4) is 5.88 Å². The SMILES string of the molecule is c1cc(CNC2C3CCOC3C23CCCC3)cc(OC2CCOC2)n1. The number of fused-ring (bicyclic) bond motifs is 2. The molecule has 0 aromatic carbocycles. The average Bonchev–Trinajstić information content (AvgIpc) is 3.36. The van der Waals surface area contributed by atoms with E-state index in [2.05, 4.69) is 22.4 Å². The Morgan fingerprint density at radius 1 is 1.24 bits per heavy atom. The number of aromatic nitrogens is 1. The number of nitrogens with zero attached hydrogens (tertiary/aromatic N) is 1. The Bertz CT molecular complexity index is 611. The molecule has 1 aromatic rings. The van der Waals surface area contributed by atoms with Crippen molar-refractivity contribution < 1.29 is 14.2 Å². The zero-order valence-electron chi connectivity index (χ0n) is 14.8. The third-order valence-electron chi connectivity index (χ3n) is 6.79. The van der Waals surface area contributed by atoms with Crippen LogP contribution in [0.5, 0.6) is 5.88 Å². The van der Waals surface area contributed by atoms with E-state index in [4.69, 9.17) is 14.2 Å². The smallest absolute Gasteiger partial charge is 0.213 e. The van der Waals surface area contributed by atoms with Crippen LogP contribution in [-0.4, -0.2) is 43.1 Å². The monoisotopic (exact) mass is 344 g/mol. The second kappa shape index (κ2) is 6.53. The minimum atomic E-state index is 0.153. The van der Waals surface area contributed by atoms with Crippen LogP contribution in [0.15, 0.2) is 18.3 Å². The summed E-state index contributed by atoms with van der Waals surface area (Å²) in [4.78, 5) is 4.36. The summed E-state index contributed by atoms with van der Waals surface area (Å²) in [7, 11) is 0. The molecule has 4 aliphatic rings.